The standard InChI is InChI=1S/C24H25N3O4/c1-3-4-12-31-18-11-10-16(13-19(18)30-2)17-14-20(28)25-23-21(17)24(29)27-22(26-23)15-8-6-5-7-9-15/h5-11,13,17H,3-4,12,14H2,1-2H3,(H2,25,26,27,28,29)/t17-/m1/s1. The van der Waals surface area contributed by atoms with Crippen molar-refractivity contribution in [1.82, 2.24) is 9.97 Å². The van der Waals surface area contributed by atoms with Crippen LogP contribution in [-0.2, 0) is 4.79 Å². The lowest BCUT2D eigenvalue weighted by Crippen LogP contribution is -2.31. The van der Waals surface area contributed by atoms with E-state index in [1.807, 2.05) is 48.5 Å². The lowest BCUT2D eigenvalue weighted by Gasteiger charge is -2.25. The Hall–Kier alpha value is -3.61. The molecule has 2 heterocycles. The third-order valence-electron chi connectivity index (χ3n) is 5.34. The molecule has 4 rings (SSSR count). The fraction of sp³-hybridized carbons (Fsp3) is 0.292. The smallest absolute Gasteiger partial charge is 0.257 e. The number of rotatable bonds is 7. The molecule has 31 heavy (non-hydrogen) atoms. The first-order valence-corrected chi connectivity index (χ1v) is 10.4. The molecule has 1 aromatic heterocycles. The fourth-order valence-corrected chi connectivity index (χ4v) is 3.74. The normalized spacial score (nSPS) is 15.2. The van der Waals surface area contributed by atoms with Gasteiger partial charge in [-0.1, -0.05) is 49.7 Å². The van der Waals surface area contributed by atoms with Crippen LogP contribution in [0.1, 0.15) is 43.2 Å². The van der Waals surface area contributed by atoms with Gasteiger partial charge in [-0.15, -0.1) is 0 Å². The van der Waals surface area contributed by atoms with Crippen LogP contribution < -0.4 is 20.3 Å². The number of ether oxygens (including phenoxy) is 2. The van der Waals surface area contributed by atoms with E-state index >= 15 is 0 Å². The lowest BCUT2D eigenvalue weighted by atomic mass is 9.86. The quantitative estimate of drug-likeness (QED) is 0.563. The highest BCUT2D eigenvalue weighted by Crippen LogP contribution is 2.38. The molecule has 0 aliphatic carbocycles. The number of hydrogen-bond acceptors (Lipinski definition) is 5. The minimum atomic E-state index is -0.427. The first-order chi connectivity index (χ1) is 15.1. The molecule has 2 aromatic carbocycles. The zero-order valence-corrected chi connectivity index (χ0v) is 17.6. The minimum Gasteiger partial charge on any atom is -0.493 e. The summed E-state index contributed by atoms with van der Waals surface area (Å²) in [6.45, 7) is 2.71. The number of anilines is 1. The second kappa shape index (κ2) is 9.04. The summed E-state index contributed by atoms with van der Waals surface area (Å²) in [4.78, 5) is 32.9. The molecule has 0 bridgehead atoms. The number of fused-ring (bicyclic) bond motifs is 1. The highest BCUT2D eigenvalue weighted by atomic mass is 16.5. The van der Waals surface area contributed by atoms with E-state index < -0.39 is 5.92 Å². The largest absolute Gasteiger partial charge is 0.493 e. The number of H-pyrrole nitrogens is 1. The molecule has 0 saturated heterocycles. The van der Waals surface area contributed by atoms with Crippen LogP contribution in [0.25, 0.3) is 11.4 Å². The highest BCUT2D eigenvalue weighted by molar-refractivity contribution is 5.94. The van der Waals surface area contributed by atoms with Crippen LogP contribution in [0.15, 0.2) is 53.3 Å². The molecule has 1 atom stereocenters. The first-order valence-electron chi connectivity index (χ1n) is 10.4. The van der Waals surface area contributed by atoms with Crippen LogP contribution in [0.4, 0.5) is 5.82 Å². The zero-order chi connectivity index (χ0) is 21.8. The van der Waals surface area contributed by atoms with E-state index in [0.29, 0.717) is 35.3 Å². The predicted molar refractivity (Wildman–Crippen MR) is 119 cm³/mol. The molecule has 7 heteroatoms. The Kier molecular flexibility index (Phi) is 6.02. The van der Waals surface area contributed by atoms with Gasteiger partial charge >= 0.3 is 0 Å². The van der Waals surface area contributed by atoms with Crippen molar-refractivity contribution in [1.29, 1.82) is 0 Å². The number of carbonyl (C=O) groups excluding carboxylic acids is 1. The third-order valence-corrected chi connectivity index (χ3v) is 5.34. The first kappa shape index (κ1) is 20.7. The van der Waals surface area contributed by atoms with Crippen LogP contribution in [0, 0.1) is 0 Å². The average molecular weight is 419 g/mol. The summed E-state index contributed by atoms with van der Waals surface area (Å²) in [5, 5.41) is 2.76. The number of unbranched alkanes of at least 4 members (excludes halogenated alkanes) is 1. The lowest BCUT2D eigenvalue weighted by molar-refractivity contribution is -0.116. The molecule has 1 aliphatic rings. The van der Waals surface area contributed by atoms with E-state index in [0.717, 1.165) is 24.0 Å². The third kappa shape index (κ3) is 4.30. The molecule has 0 saturated carbocycles. The molecule has 0 fully saturated rings. The molecule has 0 spiro atoms. The summed E-state index contributed by atoms with van der Waals surface area (Å²) >= 11 is 0. The summed E-state index contributed by atoms with van der Waals surface area (Å²) in [5.41, 5.74) is 1.75. The maximum absolute atomic E-state index is 13.0. The van der Waals surface area contributed by atoms with Gasteiger partial charge in [0.1, 0.15) is 11.6 Å². The van der Waals surface area contributed by atoms with Crippen LogP contribution in [0.3, 0.4) is 0 Å². The Morgan fingerprint density at radius 2 is 1.90 bits per heavy atom. The number of nitrogens with zero attached hydrogens (tertiary/aromatic N) is 1. The van der Waals surface area contributed by atoms with Gasteiger partial charge in [0.15, 0.2) is 11.5 Å². The van der Waals surface area contributed by atoms with Crippen molar-refractivity contribution >= 4 is 11.7 Å². The number of amides is 1. The van der Waals surface area contributed by atoms with Crippen LogP contribution >= 0.6 is 0 Å². The monoisotopic (exact) mass is 419 g/mol. The van der Waals surface area contributed by atoms with E-state index in [9.17, 15) is 9.59 Å². The van der Waals surface area contributed by atoms with E-state index in [1.165, 1.54) is 0 Å². The van der Waals surface area contributed by atoms with Gasteiger partial charge in [-0.3, -0.25) is 9.59 Å². The molecule has 0 radical (unpaired) electrons. The Labute approximate surface area is 180 Å². The van der Waals surface area contributed by atoms with Gasteiger partial charge in [0, 0.05) is 17.9 Å². The SMILES string of the molecule is CCCCOc1ccc([C@H]2CC(=O)Nc3nc(-c4ccccc4)[nH]c(=O)c32)cc1OC. The molecule has 1 amide bonds. The number of methoxy groups -OCH3 is 1. The summed E-state index contributed by atoms with van der Waals surface area (Å²) in [6.07, 6.45) is 2.14. The Morgan fingerprint density at radius 3 is 2.65 bits per heavy atom. The summed E-state index contributed by atoms with van der Waals surface area (Å²) < 4.78 is 11.3. The topological polar surface area (TPSA) is 93.3 Å². The number of hydrogen-bond donors (Lipinski definition) is 2. The van der Waals surface area contributed by atoms with Gasteiger partial charge in [-0.05, 0) is 24.1 Å². The molecule has 2 N–H and O–H groups in total. The average Bonchev–Trinajstić information content (AvgIpc) is 2.79. The molecular formula is C24H25N3O4. The van der Waals surface area contributed by atoms with Crippen LogP contribution in [0.2, 0.25) is 0 Å². The second-order valence-electron chi connectivity index (χ2n) is 7.46. The van der Waals surface area contributed by atoms with E-state index in [1.54, 1.807) is 7.11 Å². The number of aromatic nitrogens is 2. The number of carbonyl (C=O) groups is 1. The van der Waals surface area contributed by atoms with Gasteiger partial charge in [-0.2, -0.15) is 0 Å². The summed E-state index contributed by atoms with van der Waals surface area (Å²) in [5.74, 6) is 1.33. The summed E-state index contributed by atoms with van der Waals surface area (Å²) in [6, 6.07) is 14.9. The van der Waals surface area contributed by atoms with Crippen molar-refractivity contribution in [3.8, 4) is 22.9 Å². The fourth-order valence-electron chi connectivity index (χ4n) is 3.74. The van der Waals surface area contributed by atoms with Gasteiger partial charge in [0.25, 0.3) is 5.56 Å². The van der Waals surface area contributed by atoms with Gasteiger partial charge in [-0.25, -0.2) is 4.98 Å². The molecule has 3 aromatic rings. The number of benzene rings is 2. The molecule has 0 unspecified atom stereocenters. The van der Waals surface area contributed by atoms with E-state index in [2.05, 4.69) is 22.2 Å². The Bertz CT molecular complexity index is 1140. The van der Waals surface area contributed by atoms with Crippen molar-refractivity contribution in [2.24, 2.45) is 0 Å². The van der Waals surface area contributed by atoms with Crippen molar-refractivity contribution in [2.75, 3.05) is 19.0 Å². The maximum atomic E-state index is 13.0. The Morgan fingerprint density at radius 1 is 1.10 bits per heavy atom. The second-order valence-corrected chi connectivity index (χ2v) is 7.46. The van der Waals surface area contributed by atoms with E-state index in [-0.39, 0.29) is 17.9 Å². The maximum Gasteiger partial charge on any atom is 0.257 e. The van der Waals surface area contributed by atoms with Crippen molar-refractivity contribution in [3.05, 3.63) is 70.0 Å². The van der Waals surface area contributed by atoms with Gasteiger partial charge < -0.3 is 19.8 Å². The molecule has 160 valence electrons. The molecule has 1 aliphatic heterocycles. The summed E-state index contributed by atoms with van der Waals surface area (Å²) in [7, 11) is 1.58. The minimum absolute atomic E-state index is 0.154. The van der Waals surface area contributed by atoms with Crippen LogP contribution in [-0.4, -0.2) is 29.6 Å². The van der Waals surface area contributed by atoms with E-state index in [4.69, 9.17) is 9.47 Å². The zero-order valence-electron chi connectivity index (χ0n) is 17.6. The number of nitrogens with one attached hydrogen (secondary N) is 2. The van der Waals surface area contributed by atoms with Crippen molar-refractivity contribution in [3.63, 3.8) is 0 Å². The Balaban J connectivity index is 1.73. The number of aromatic amines is 1. The molecular weight excluding hydrogens is 394 g/mol. The predicted octanol–water partition coefficient (Wildman–Crippen LogP) is 4.10. The van der Waals surface area contributed by atoms with Crippen LogP contribution in [0.5, 0.6) is 11.5 Å². The van der Waals surface area contributed by atoms with Crippen molar-refractivity contribution < 1.29 is 14.3 Å². The van der Waals surface area contributed by atoms with Crippen molar-refractivity contribution in [2.45, 2.75) is 32.1 Å². The van der Waals surface area contributed by atoms with Gasteiger partial charge in [0.2, 0.25) is 5.91 Å². The molecule has 7 nitrogen and oxygen atoms in total. The van der Waals surface area contributed by atoms with Gasteiger partial charge in [0.05, 0.1) is 19.3 Å². The highest BCUT2D eigenvalue weighted by Gasteiger charge is 2.31.